The second-order valence-corrected chi connectivity index (χ2v) is 9.18. The standard InChI is InChI=1S/C23H25B2F4NO5/c1-13(22(27,28)29)33-17-7-6-14(10-18(17)32-2)20(31)30-9-8-21(15-4-3-5-16(26)11-15)19(12-30)34-23(24,25)35-21/h3-7,10-11,13,19H,8-9,12,24-25H2,1-2H3. The third-order valence-corrected chi connectivity index (χ3v) is 6.29. The summed E-state index contributed by atoms with van der Waals surface area (Å²) in [5.41, 5.74) is -0.980. The van der Waals surface area contributed by atoms with Crippen LogP contribution in [0.2, 0.25) is 0 Å². The van der Waals surface area contributed by atoms with Gasteiger partial charge < -0.3 is 23.8 Å². The normalized spacial score (nSPS) is 24.5. The van der Waals surface area contributed by atoms with E-state index in [0.717, 1.165) is 6.92 Å². The van der Waals surface area contributed by atoms with E-state index in [9.17, 15) is 22.4 Å². The van der Waals surface area contributed by atoms with Gasteiger partial charge in [0.15, 0.2) is 33.3 Å². The fourth-order valence-electron chi connectivity index (χ4n) is 4.62. The van der Waals surface area contributed by atoms with Gasteiger partial charge in [0.05, 0.1) is 19.2 Å². The Morgan fingerprint density at radius 2 is 1.94 bits per heavy atom. The Labute approximate surface area is 202 Å². The molecule has 3 unspecified atom stereocenters. The topological polar surface area (TPSA) is 57.2 Å². The van der Waals surface area contributed by atoms with E-state index in [2.05, 4.69) is 0 Å². The number of alkyl halides is 3. The first-order chi connectivity index (χ1) is 16.3. The molecule has 2 aromatic carbocycles. The second kappa shape index (κ2) is 9.05. The Kier molecular flexibility index (Phi) is 6.56. The summed E-state index contributed by atoms with van der Waals surface area (Å²) in [4.78, 5) is 14.9. The summed E-state index contributed by atoms with van der Waals surface area (Å²) in [5.74, 6) is -0.844. The number of amides is 1. The first-order valence-electron chi connectivity index (χ1n) is 11.2. The molecule has 3 atom stereocenters. The van der Waals surface area contributed by atoms with Crippen LogP contribution in [-0.2, 0) is 15.1 Å². The first kappa shape index (κ1) is 25.4. The number of piperidine rings is 1. The summed E-state index contributed by atoms with van der Waals surface area (Å²) in [6.07, 6.45) is -6.76. The fraction of sp³-hybridized carbons (Fsp3) is 0.435. The van der Waals surface area contributed by atoms with E-state index in [1.165, 1.54) is 37.4 Å². The molecule has 2 fully saturated rings. The number of hydrogen-bond donors (Lipinski definition) is 0. The lowest BCUT2D eigenvalue weighted by atomic mass is 9.76. The summed E-state index contributed by atoms with van der Waals surface area (Å²) >= 11 is 0. The van der Waals surface area contributed by atoms with Gasteiger partial charge in [0.2, 0.25) is 0 Å². The van der Waals surface area contributed by atoms with Crippen LogP contribution in [-0.4, -0.2) is 70.7 Å². The molecule has 35 heavy (non-hydrogen) atoms. The molecule has 186 valence electrons. The molecule has 4 rings (SSSR count). The van der Waals surface area contributed by atoms with Crippen LogP contribution in [0.3, 0.4) is 0 Å². The summed E-state index contributed by atoms with van der Waals surface area (Å²) in [6.45, 7) is 1.38. The van der Waals surface area contributed by atoms with Crippen molar-refractivity contribution >= 4 is 21.6 Å². The van der Waals surface area contributed by atoms with Crippen LogP contribution in [0.25, 0.3) is 0 Å². The molecule has 0 bridgehead atoms. The average molecular weight is 493 g/mol. The van der Waals surface area contributed by atoms with E-state index in [4.69, 9.17) is 18.9 Å². The zero-order valence-corrected chi connectivity index (χ0v) is 19.8. The monoisotopic (exact) mass is 493 g/mol. The Bertz CT molecular complexity index is 1120. The lowest BCUT2D eigenvalue weighted by Crippen LogP contribution is -2.53. The Morgan fingerprint density at radius 1 is 1.20 bits per heavy atom. The SMILES string of the molecule is BC1(B)OC2CN(C(=O)c3ccc(OC(C)C(F)(F)F)c(OC)c3)CCC2(c2cccc(F)c2)O1. The van der Waals surface area contributed by atoms with Crippen LogP contribution in [0.5, 0.6) is 11.5 Å². The number of hydrogen-bond acceptors (Lipinski definition) is 5. The van der Waals surface area contributed by atoms with Gasteiger partial charge in [0.25, 0.3) is 5.91 Å². The first-order valence-corrected chi connectivity index (χ1v) is 11.2. The van der Waals surface area contributed by atoms with Crippen molar-refractivity contribution in [3.05, 3.63) is 59.4 Å². The van der Waals surface area contributed by atoms with Gasteiger partial charge in [-0.05, 0) is 42.8 Å². The molecule has 2 aromatic rings. The second-order valence-electron chi connectivity index (χ2n) is 9.18. The Morgan fingerprint density at radius 3 is 2.60 bits per heavy atom. The van der Waals surface area contributed by atoms with E-state index in [1.54, 1.807) is 32.7 Å². The molecule has 0 N–H and O–H groups in total. The van der Waals surface area contributed by atoms with E-state index in [0.29, 0.717) is 18.5 Å². The number of halogens is 4. The van der Waals surface area contributed by atoms with Crippen molar-refractivity contribution in [2.45, 2.75) is 42.9 Å². The third-order valence-electron chi connectivity index (χ3n) is 6.29. The van der Waals surface area contributed by atoms with Gasteiger partial charge >= 0.3 is 6.18 Å². The number of carbonyl (C=O) groups excluding carboxylic acids is 1. The van der Waals surface area contributed by atoms with Crippen molar-refractivity contribution in [3.63, 3.8) is 0 Å². The van der Waals surface area contributed by atoms with Crippen LogP contribution >= 0.6 is 0 Å². The van der Waals surface area contributed by atoms with Crippen LogP contribution in [0.1, 0.15) is 29.3 Å². The van der Waals surface area contributed by atoms with Gasteiger partial charge in [-0.15, -0.1) is 0 Å². The summed E-state index contributed by atoms with van der Waals surface area (Å²) < 4.78 is 75.2. The highest BCUT2D eigenvalue weighted by Crippen LogP contribution is 2.47. The maximum absolute atomic E-state index is 14.0. The van der Waals surface area contributed by atoms with E-state index < -0.39 is 35.4 Å². The van der Waals surface area contributed by atoms with Crippen molar-refractivity contribution in [1.29, 1.82) is 0 Å². The lowest BCUT2D eigenvalue weighted by molar-refractivity contribution is -0.189. The molecule has 2 aliphatic rings. The Hall–Kier alpha value is -2.72. The smallest absolute Gasteiger partial charge is 0.425 e. The molecule has 0 radical (unpaired) electrons. The summed E-state index contributed by atoms with van der Waals surface area (Å²) in [5, 5.41) is 0. The van der Waals surface area contributed by atoms with E-state index in [1.807, 2.05) is 0 Å². The highest BCUT2D eigenvalue weighted by Gasteiger charge is 2.56. The minimum absolute atomic E-state index is 0.0136. The molecular formula is C23H25B2F4NO5. The van der Waals surface area contributed by atoms with Crippen LogP contribution in [0.15, 0.2) is 42.5 Å². The van der Waals surface area contributed by atoms with Gasteiger partial charge in [0.1, 0.15) is 17.5 Å². The van der Waals surface area contributed by atoms with Crippen LogP contribution in [0, 0.1) is 5.82 Å². The maximum atomic E-state index is 14.0. The minimum atomic E-state index is -4.54. The summed E-state index contributed by atoms with van der Waals surface area (Å²) in [6, 6.07) is 10.2. The van der Waals surface area contributed by atoms with Gasteiger partial charge in [-0.25, -0.2) is 4.39 Å². The quantitative estimate of drug-likeness (QED) is 0.473. The predicted molar refractivity (Wildman–Crippen MR) is 124 cm³/mol. The van der Waals surface area contributed by atoms with Crippen molar-refractivity contribution in [3.8, 4) is 11.5 Å². The third kappa shape index (κ3) is 4.99. The number of carbonyl (C=O) groups is 1. The molecule has 0 spiro atoms. The number of benzene rings is 2. The van der Waals surface area contributed by atoms with Crippen molar-refractivity contribution in [2.75, 3.05) is 20.2 Å². The number of ether oxygens (including phenoxy) is 4. The van der Waals surface area contributed by atoms with Crippen molar-refractivity contribution in [2.24, 2.45) is 0 Å². The van der Waals surface area contributed by atoms with Crippen LogP contribution in [0.4, 0.5) is 17.6 Å². The van der Waals surface area contributed by atoms with Gasteiger partial charge in [-0.3, -0.25) is 4.79 Å². The number of fused-ring (bicyclic) bond motifs is 1. The lowest BCUT2D eigenvalue weighted by Gasteiger charge is -2.42. The number of nitrogens with zero attached hydrogens (tertiary/aromatic N) is 1. The molecule has 2 saturated heterocycles. The highest BCUT2D eigenvalue weighted by molar-refractivity contribution is 6.38. The fourth-order valence-corrected chi connectivity index (χ4v) is 4.62. The minimum Gasteiger partial charge on any atom is -0.493 e. The van der Waals surface area contributed by atoms with Crippen molar-refractivity contribution < 1.29 is 41.3 Å². The zero-order valence-electron chi connectivity index (χ0n) is 19.8. The summed E-state index contributed by atoms with van der Waals surface area (Å²) in [7, 11) is 4.82. The maximum Gasteiger partial charge on any atom is 0.425 e. The molecule has 6 nitrogen and oxygen atoms in total. The molecular weight excluding hydrogens is 468 g/mol. The van der Waals surface area contributed by atoms with Gasteiger partial charge in [0, 0.05) is 18.5 Å². The van der Waals surface area contributed by atoms with Crippen LogP contribution < -0.4 is 9.47 Å². The molecule has 2 heterocycles. The highest BCUT2D eigenvalue weighted by atomic mass is 19.4. The average Bonchev–Trinajstić information content (AvgIpc) is 3.08. The largest absolute Gasteiger partial charge is 0.493 e. The number of rotatable bonds is 5. The van der Waals surface area contributed by atoms with Gasteiger partial charge in [-0.1, -0.05) is 12.1 Å². The van der Waals surface area contributed by atoms with E-state index in [-0.39, 0.29) is 29.5 Å². The van der Waals surface area contributed by atoms with Crippen molar-refractivity contribution in [1.82, 2.24) is 4.90 Å². The predicted octanol–water partition coefficient (Wildman–Crippen LogP) is 2.20. The number of methoxy groups -OCH3 is 1. The Balaban J connectivity index is 1.56. The molecule has 12 heteroatoms. The molecule has 1 amide bonds. The van der Waals surface area contributed by atoms with Gasteiger partial charge in [-0.2, -0.15) is 13.2 Å². The zero-order chi connectivity index (χ0) is 25.6. The molecule has 0 aromatic heterocycles. The van der Waals surface area contributed by atoms with E-state index >= 15 is 0 Å². The number of likely N-dealkylation sites (tertiary alicyclic amines) is 1. The molecule has 2 aliphatic heterocycles. The molecule has 0 saturated carbocycles. The molecule has 0 aliphatic carbocycles.